The molecular weight excluding hydrogens is 466 g/mol. The standard InChI is InChI=1S/C27H33NO8/c1-16(2)36-19-10-8-17(9-11-19)24(29)22-23(28(12-7-13-32-3)27(31)25(22)30)18-14-20(33-4)26(35-6)21(15-18)34-5/h8-11,14-16,23,29H,7,12-13H2,1-6H3/t23-/m1/s1. The normalized spacial score (nSPS) is 17.0. The van der Waals surface area contributed by atoms with Gasteiger partial charge in [-0.25, -0.2) is 0 Å². The molecule has 0 bridgehead atoms. The second-order valence-corrected chi connectivity index (χ2v) is 8.49. The second kappa shape index (κ2) is 11.8. The fraction of sp³-hybridized carbons (Fsp3) is 0.407. The number of rotatable bonds is 11. The maximum atomic E-state index is 13.2. The third-order valence-electron chi connectivity index (χ3n) is 5.79. The maximum Gasteiger partial charge on any atom is 0.295 e. The number of carbonyl (C=O) groups is 2. The van der Waals surface area contributed by atoms with Crippen LogP contribution in [0.1, 0.15) is 37.4 Å². The molecule has 1 N–H and O–H groups in total. The van der Waals surface area contributed by atoms with Gasteiger partial charge in [-0.3, -0.25) is 9.59 Å². The summed E-state index contributed by atoms with van der Waals surface area (Å²) in [6.07, 6.45) is 0.494. The Morgan fingerprint density at radius 1 is 0.972 bits per heavy atom. The topological polar surface area (TPSA) is 104 Å². The molecule has 1 atom stereocenters. The van der Waals surface area contributed by atoms with Crippen LogP contribution in [0.25, 0.3) is 5.76 Å². The van der Waals surface area contributed by atoms with Crippen molar-refractivity contribution in [1.29, 1.82) is 0 Å². The minimum atomic E-state index is -0.873. The maximum absolute atomic E-state index is 13.2. The third-order valence-corrected chi connectivity index (χ3v) is 5.79. The van der Waals surface area contributed by atoms with Crippen LogP contribution in [0.2, 0.25) is 0 Å². The minimum Gasteiger partial charge on any atom is -0.507 e. The van der Waals surface area contributed by atoms with Gasteiger partial charge in [-0.2, -0.15) is 0 Å². The zero-order chi connectivity index (χ0) is 26.4. The Morgan fingerprint density at radius 2 is 1.58 bits per heavy atom. The van der Waals surface area contributed by atoms with Gasteiger partial charge < -0.3 is 33.7 Å². The zero-order valence-electron chi connectivity index (χ0n) is 21.5. The first kappa shape index (κ1) is 26.9. The molecule has 1 fully saturated rings. The average molecular weight is 500 g/mol. The van der Waals surface area contributed by atoms with Crippen molar-refractivity contribution in [2.24, 2.45) is 0 Å². The van der Waals surface area contributed by atoms with Crippen molar-refractivity contribution in [3.05, 3.63) is 53.1 Å². The predicted molar refractivity (Wildman–Crippen MR) is 134 cm³/mol. The van der Waals surface area contributed by atoms with Gasteiger partial charge in [0.25, 0.3) is 11.7 Å². The summed E-state index contributed by atoms with van der Waals surface area (Å²) in [4.78, 5) is 27.8. The number of likely N-dealkylation sites (tertiary alicyclic amines) is 1. The minimum absolute atomic E-state index is 0.0121. The van der Waals surface area contributed by atoms with E-state index in [1.165, 1.54) is 26.2 Å². The first-order chi connectivity index (χ1) is 17.3. The molecule has 1 saturated heterocycles. The lowest BCUT2D eigenvalue weighted by Crippen LogP contribution is -2.31. The lowest BCUT2D eigenvalue weighted by molar-refractivity contribution is -0.140. The number of Topliss-reactive ketones (excluding diaryl/α,β-unsaturated/α-hetero) is 1. The Morgan fingerprint density at radius 3 is 2.08 bits per heavy atom. The Labute approximate surface area is 211 Å². The fourth-order valence-electron chi connectivity index (χ4n) is 4.21. The summed E-state index contributed by atoms with van der Waals surface area (Å²) < 4.78 is 27.2. The lowest BCUT2D eigenvalue weighted by atomic mass is 9.94. The number of hydrogen-bond donors (Lipinski definition) is 1. The molecule has 0 aromatic heterocycles. The van der Waals surface area contributed by atoms with E-state index in [-0.39, 0.29) is 24.0 Å². The molecule has 1 amide bonds. The van der Waals surface area contributed by atoms with Crippen LogP contribution < -0.4 is 18.9 Å². The van der Waals surface area contributed by atoms with E-state index < -0.39 is 17.7 Å². The molecule has 3 rings (SSSR count). The number of hydrogen-bond acceptors (Lipinski definition) is 8. The van der Waals surface area contributed by atoms with Gasteiger partial charge in [-0.15, -0.1) is 0 Å². The van der Waals surface area contributed by atoms with Crippen molar-refractivity contribution in [3.63, 3.8) is 0 Å². The lowest BCUT2D eigenvalue weighted by Gasteiger charge is -2.26. The van der Waals surface area contributed by atoms with Crippen molar-refractivity contribution < 1.29 is 38.4 Å². The largest absolute Gasteiger partial charge is 0.507 e. The smallest absolute Gasteiger partial charge is 0.295 e. The van der Waals surface area contributed by atoms with Gasteiger partial charge in [-0.1, -0.05) is 0 Å². The number of aliphatic hydroxyl groups is 1. The van der Waals surface area contributed by atoms with Gasteiger partial charge in [0, 0.05) is 25.8 Å². The number of carbonyl (C=O) groups excluding carboxylic acids is 2. The van der Waals surface area contributed by atoms with Crippen LogP contribution in [0.3, 0.4) is 0 Å². The molecule has 0 aliphatic carbocycles. The predicted octanol–water partition coefficient (Wildman–Crippen LogP) is 3.96. The molecule has 2 aromatic carbocycles. The van der Waals surface area contributed by atoms with Crippen LogP contribution >= 0.6 is 0 Å². The SMILES string of the molecule is COCCCN1C(=O)C(=O)C(=C(O)c2ccc(OC(C)C)cc2)[C@H]1c1cc(OC)c(OC)c(OC)c1. The molecule has 1 aliphatic rings. The molecule has 9 nitrogen and oxygen atoms in total. The zero-order valence-corrected chi connectivity index (χ0v) is 21.5. The van der Waals surface area contributed by atoms with Crippen molar-refractivity contribution in [3.8, 4) is 23.0 Å². The quantitative estimate of drug-likeness (QED) is 0.215. The number of methoxy groups -OCH3 is 4. The van der Waals surface area contributed by atoms with Crippen LogP contribution in [0.4, 0.5) is 0 Å². The highest BCUT2D eigenvalue weighted by Crippen LogP contribution is 2.45. The van der Waals surface area contributed by atoms with Crippen molar-refractivity contribution in [2.45, 2.75) is 32.4 Å². The van der Waals surface area contributed by atoms with Crippen LogP contribution in [0.15, 0.2) is 42.0 Å². The molecule has 0 radical (unpaired) electrons. The van der Waals surface area contributed by atoms with Crippen LogP contribution in [-0.4, -0.2) is 69.4 Å². The first-order valence-electron chi connectivity index (χ1n) is 11.6. The third kappa shape index (κ3) is 5.41. The Hall–Kier alpha value is -3.72. The van der Waals surface area contributed by atoms with E-state index >= 15 is 0 Å². The summed E-state index contributed by atoms with van der Waals surface area (Å²) in [5, 5.41) is 11.3. The summed E-state index contributed by atoms with van der Waals surface area (Å²) in [5.41, 5.74) is 0.894. The number of nitrogens with zero attached hydrogens (tertiary/aromatic N) is 1. The highest BCUT2D eigenvalue weighted by atomic mass is 16.5. The van der Waals surface area contributed by atoms with Gasteiger partial charge >= 0.3 is 0 Å². The van der Waals surface area contributed by atoms with E-state index in [9.17, 15) is 14.7 Å². The number of benzene rings is 2. The number of ether oxygens (including phenoxy) is 5. The Kier molecular flexibility index (Phi) is 8.82. The monoisotopic (exact) mass is 499 g/mol. The van der Waals surface area contributed by atoms with Crippen LogP contribution in [0, 0.1) is 0 Å². The summed E-state index contributed by atoms with van der Waals surface area (Å²) in [6, 6.07) is 9.19. The number of aliphatic hydroxyl groups excluding tert-OH is 1. The fourth-order valence-corrected chi connectivity index (χ4v) is 4.21. The molecule has 0 saturated carbocycles. The van der Waals surface area contributed by atoms with Gasteiger partial charge in [-0.05, 0) is 62.2 Å². The van der Waals surface area contributed by atoms with Gasteiger partial charge in [0.1, 0.15) is 11.5 Å². The van der Waals surface area contributed by atoms with E-state index in [1.54, 1.807) is 43.5 Å². The Bertz CT molecular complexity index is 1100. The van der Waals surface area contributed by atoms with E-state index in [1.807, 2.05) is 13.8 Å². The molecule has 2 aromatic rings. The molecule has 0 unspecified atom stereocenters. The van der Waals surface area contributed by atoms with Gasteiger partial charge in [0.2, 0.25) is 5.75 Å². The average Bonchev–Trinajstić information content (AvgIpc) is 3.12. The van der Waals surface area contributed by atoms with E-state index in [0.717, 1.165) is 0 Å². The van der Waals surface area contributed by atoms with Crippen LogP contribution in [0.5, 0.6) is 23.0 Å². The number of ketones is 1. The first-order valence-corrected chi connectivity index (χ1v) is 11.6. The second-order valence-electron chi connectivity index (χ2n) is 8.49. The highest BCUT2D eigenvalue weighted by molar-refractivity contribution is 6.46. The molecule has 1 heterocycles. The van der Waals surface area contributed by atoms with Gasteiger partial charge in [0.15, 0.2) is 11.5 Å². The van der Waals surface area contributed by atoms with Crippen molar-refractivity contribution in [2.75, 3.05) is 41.6 Å². The summed E-state index contributed by atoms with van der Waals surface area (Å²) in [6.45, 7) is 4.48. The van der Waals surface area contributed by atoms with Crippen molar-refractivity contribution >= 4 is 17.4 Å². The van der Waals surface area contributed by atoms with E-state index in [2.05, 4.69) is 0 Å². The summed E-state index contributed by atoms with van der Waals surface area (Å²) in [7, 11) is 6.02. The van der Waals surface area contributed by atoms with Gasteiger partial charge in [0.05, 0.1) is 39.0 Å². The van der Waals surface area contributed by atoms with Crippen molar-refractivity contribution in [1.82, 2.24) is 4.90 Å². The highest BCUT2D eigenvalue weighted by Gasteiger charge is 2.46. The molecule has 194 valence electrons. The Balaban J connectivity index is 2.17. The molecule has 9 heteroatoms. The van der Waals surface area contributed by atoms with E-state index in [4.69, 9.17) is 23.7 Å². The molecule has 36 heavy (non-hydrogen) atoms. The van der Waals surface area contributed by atoms with E-state index in [0.29, 0.717) is 47.2 Å². The summed E-state index contributed by atoms with van der Waals surface area (Å²) >= 11 is 0. The number of amides is 1. The summed E-state index contributed by atoms with van der Waals surface area (Å²) in [5.74, 6) is -0.0209. The molecule has 0 spiro atoms. The van der Waals surface area contributed by atoms with Crippen LogP contribution in [-0.2, 0) is 14.3 Å². The molecular formula is C27H33NO8. The molecule has 1 aliphatic heterocycles.